The molecule has 0 rings (SSSR count). The van der Waals surface area contributed by atoms with Crippen molar-refractivity contribution in [2.24, 2.45) is 0 Å². The smallest absolute Gasteiger partial charge is 0.325 e. The number of carbonyl (C=O) groups is 2. The van der Waals surface area contributed by atoms with Crippen LogP contribution in [0.3, 0.4) is 0 Å². The van der Waals surface area contributed by atoms with Crippen LogP contribution in [0.1, 0.15) is 6.92 Å². The third-order valence-corrected chi connectivity index (χ3v) is 1.42. The van der Waals surface area contributed by atoms with Gasteiger partial charge in [-0.25, -0.2) is 4.79 Å². The largest absolute Gasteiger partial charge is 0.465 e. The molecule has 1 N–H and O–H groups in total. The summed E-state index contributed by atoms with van der Waals surface area (Å²) in [4.78, 5) is 23.4. The summed E-state index contributed by atoms with van der Waals surface area (Å²) in [6.45, 7) is 5.83. The molecule has 0 bridgehead atoms. The number of hydrogen-bond acceptors (Lipinski definition) is 3. The van der Waals surface area contributed by atoms with Gasteiger partial charge in [0.2, 0.25) is 0 Å². The van der Waals surface area contributed by atoms with Crippen LogP contribution in [0.5, 0.6) is 0 Å². The van der Waals surface area contributed by atoms with E-state index in [1.807, 2.05) is 0 Å². The number of urea groups is 1. The molecule has 0 saturated carbocycles. The molecule has 80 valence electrons. The molecule has 0 spiro atoms. The Morgan fingerprint density at radius 2 is 2.21 bits per heavy atom. The second-order valence-corrected chi connectivity index (χ2v) is 2.64. The van der Waals surface area contributed by atoms with Gasteiger partial charge in [-0.2, -0.15) is 0 Å². The first kappa shape index (κ1) is 12.5. The van der Waals surface area contributed by atoms with Crippen molar-refractivity contribution in [3.8, 4) is 0 Å². The Bertz CT molecular complexity index is 216. The van der Waals surface area contributed by atoms with Crippen molar-refractivity contribution in [3.63, 3.8) is 0 Å². The number of esters is 1. The van der Waals surface area contributed by atoms with Gasteiger partial charge in [-0.3, -0.25) is 4.79 Å². The molecule has 2 amide bonds. The Kier molecular flexibility index (Phi) is 6.19. The van der Waals surface area contributed by atoms with E-state index in [9.17, 15) is 9.59 Å². The van der Waals surface area contributed by atoms with Crippen LogP contribution in [0.25, 0.3) is 0 Å². The average Bonchev–Trinajstić information content (AvgIpc) is 2.14. The van der Waals surface area contributed by atoms with Gasteiger partial charge in [0, 0.05) is 13.6 Å². The van der Waals surface area contributed by atoms with Crippen molar-refractivity contribution < 1.29 is 14.3 Å². The fraction of sp³-hybridized carbons (Fsp3) is 0.556. The van der Waals surface area contributed by atoms with Crippen LogP contribution in [0.2, 0.25) is 0 Å². The van der Waals surface area contributed by atoms with Gasteiger partial charge in [0.25, 0.3) is 0 Å². The van der Waals surface area contributed by atoms with Crippen molar-refractivity contribution >= 4 is 12.0 Å². The summed E-state index contributed by atoms with van der Waals surface area (Å²) in [5.41, 5.74) is 0. The van der Waals surface area contributed by atoms with Gasteiger partial charge < -0.3 is 15.0 Å². The number of amides is 2. The molecule has 5 heteroatoms. The number of carbonyl (C=O) groups excluding carboxylic acids is 2. The Labute approximate surface area is 83.7 Å². The topological polar surface area (TPSA) is 58.6 Å². The summed E-state index contributed by atoms with van der Waals surface area (Å²) < 4.78 is 4.69. The van der Waals surface area contributed by atoms with Crippen LogP contribution < -0.4 is 5.32 Å². The SMILES string of the molecule is C=CCNC(=O)N(C)CC(=O)OCC. The number of hydrogen-bond donors (Lipinski definition) is 1. The number of ether oxygens (including phenoxy) is 1. The minimum atomic E-state index is -0.413. The summed E-state index contributed by atoms with van der Waals surface area (Å²) in [5.74, 6) is -0.413. The third kappa shape index (κ3) is 5.18. The lowest BCUT2D eigenvalue weighted by atomic mass is 10.5. The molecule has 0 unspecified atom stereocenters. The van der Waals surface area contributed by atoms with Crippen molar-refractivity contribution in [2.45, 2.75) is 6.92 Å². The Hall–Kier alpha value is -1.52. The molecule has 0 aromatic rings. The van der Waals surface area contributed by atoms with E-state index < -0.39 is 5.97 Å². The quantitative estimate of drug-likeness (QED) is 0.515. The van der Waals surface area contributed by atoms with E-state index in [4.69, 9.17) is 0 Å². The number of rotatable bonds is 5. The lowest BCUT2D eigenvalue weighted by molar-refractivity contribution is -0.143. The molecule has 0 aliphatic carbocycles. The number of nitrogens with one attached hydrogen (secondary N) is 1. The monoisotopic (exact) mass is 200 g/mol. The Morgan fingerprint density at radius 3 is 2.71 bits per heavy atom. The van der Waals surface area contributed by atoms with Crippen molar-refractivity contribution in [2.75, 3.05) is 26.7 Å². The fourth-order valence-electron chi connectivity index (χ4n) is 0.767. The second-order valence-electron chi connectivity index (χ2n) is 2.64. The van der Waals surface area contributed by atoms with Crippen molar-refractivity contribution in [1.29, 1.82) is 0 Å². The molecule has 0 aliphatic rings. The van der Waals surface area contributed by atoms with Crippen LogP contribution in [-0.4, -0.2) is 43.6 Å². The molecule has 0 radical (unpaired) electrons. The van der Waals surface area contributed by atoms with E-state index in [1.54, 1.807) is 13.0 Å². The van der Waals surface area contributed by atoms with Gasteiger partial charge >= 0.3 is 12.0 Å². The minimum absolute atomic E-state index is 0.0448. The van der Waals surface area contributed by atoms with Gasteiger partial charge in [-0.1, -0.05) is 6.08 Å². The van der Waals surface area contributed by atoms with E-state index in [0.717, 1.165) is 0 Å². The highest BCUT2D eigenvalue weighted by Crippen LogP contribution is 1.87. The molecular formula is C9H16N2O3. The summed E-state index contributed by atoms with van der Waals surface area (Å²) in [7, 11) is 1.52. The Morgan fingerprint density at radius 1 is 1.57 bits per heavy atom. The highest BCUT2D eigenvalue weighted by atomic mass is 16.5. The summed E-state index contributed by atoms with van der Waals surface area (Å²) in [6.07, 6.45) is 1.57. The highest BCUT2D eigenvalue weighted by molar-refractivity contribution is 5.80. The van der Waals surface area contributed by atoms with Gasteiger partial charge in [0.15, 0.2) is 0 Å². The van der Waals surface area contributed by atoms with E-state index in [2.05, 4.69) is 16.6 Å². The molecule has 0 aromatic carbocycles. The van der Waals surface area contributed by atoms with E-state index in [1.165, 1.54) is 11.9 Å². The van der Waals surface area contributed by atoms with E-state index in [-0.39, 0.29) is 12.6 Å². The first-order chi connectivity index (χ1) is 6.61. The molecule has 5 nitrogen and oxygen atoms in total. The molecule has 14 heavy (non-hydrogen) atoms. The van der Waals surface area contributed by atoms with Crippen LogP contribution >= 0.6 is 0 Å². The van der Waals surface area contributed by atoms with Gasteiger partial charge in [0.05, 0.1) is 6.61 Å². The van der Waals surface area contributed by atoms with E-state index in [0.29, 0.717) is 13.2 Å². The van der Waals surface area contributed by atoms with Crippen molar-refractivity contribution in [1.82, 2.24) is 10.2 Å². The standard InChI is InChI=1S/C9H16N2O3/c1-4-6-10-9(13)11(3)7-8(12)14-5-2/h4H,1,5-7H2,2-3H3,(H,10,13). The maximum atomic E-state index is 11.2. The van der Waals surface area contributed by atoms with Gasteiger partial charge in [-0.05, 0) is 6.92 Å². The highest BCUT2D eigenvalue weighted by Gasteiger charge is 2.11. The number of nitrogens with zero attached hydrogens (tertiary/aromatic N) is 1. The minimum Gasteiger partial charge on any atom is -0.465 e. The second kappa shape index (κ2) is 6.94. The molecule has 0 aromatic heterocycles. The van der Waals surface area contributed by atoms with Crippen LogP contribution in [0.4, 0.5) is 4.79 Å². The lowest BCUT2D eigenvalue weighted by Crippen LogP contribution is -2.40. The first-order valence-electron chi connectivity index (χ1n) is 4.37. The lowest BCUT2D eigenvalue weighted by Gasteiger charge is -2.15. The molecule has 0 aliphatic heterocycles. The summed E-state index contributed by atoms with van der Waals surface area (Å²) in [6, 6.07) is -0.321. The van der Waals surface area contributed by atoms with E-state index >= 15 is 0 Å². The van der Waals surface area contributed by atoms with Crippen molar-refractivity contribution in [3.05, 3.63) is 12.7 Å². The first-order valence-corrected chi connectivity index (χ1v) is 4.37. The molecule has 0 saturated heterocycles. The Balaban J connectivity index is 3.82. The van der Waals surface area contributed by atoms with Crippen LogP contribution in [0.15, 0.2) is 12.7 Å². The molecule has 0 fully saturated rings. The maximum absolute atomic E-state index is 11.2. The fourth-order valence-corrected chi connectivity index (χ4v) is 0.767. The predicted octanol–water partition coefficient (Wildman–Crippen LogP) is 0.377. The summed E-state index contributed by atoms with van der Waals surface area (Å²) in [5, 5.41) is 2.54. The normalized spacial score (nSPS) is 9.00. The van der Waals surface area contributed by atoms with Crippen LogP contribution in [0, 0.1) is 0 Å². The van der Waals surface area contributed by atoms with Gasteiger partial charge in [0.1, 0.15) is 6.54 Å². The van der Waals surface area contributed by atoms with Gasteiger partial charge in [-0.15, -0.1) is 6.58 Å². The average molecular weight is 200 g/mol. The zero-order valence-electron chi connectivity index (χ0n) is 8.58. The zero-order valence-corrected chi connectivity index (χ0v) is 8.58. The molecule has 0 atom stereocenters. The third-order valence-electron chi connectivity index (χ3n) is 1.42. The zero-order chi connectivity index (χ0) is 11.0. The predicted molar refractivity (Wildman–Crippen MR) is 52.9 cm³/mol. The molecular weight excluding hydrogens is 184 g/mol. The summed E-state index contributed by atoms with van der Waals surface area (Å²) >= 11 is 0. The van der Waals surface area contributed by atoms with Crippen LogP contribution in [-0.2, 0) is 9.53 Å². The maximum Gasteiger partial charge on any atom is 0.325 e. The number of likely N-dealkylation sites (N-methyl/N-ethyl adjacent to an activating group) is 1. The molecule has 0 heterocycles.